The van der Waals surface area contributed by atoms with Crippen molar-refractivity contribution in [3.8, 4) is 0 Å². The van der Waals surface area contributed by atoms with E-state index in [0.29, 0.717) is 17.1 Å². The summed E-state index contributed by atoms with van der Waals surface area (Å²) in [6.07, 6.45) is 0. The number of hydroxylamine groups is 1. The molecule has 1 N–H and O–H groups in total. The van der Waals surface area contributed by atoms with Gasteiger partial charge in [-0.2, -0.15) is 4.73 Å². The van der Waals surface area contributed by atoms with Crippen LogP contribution in [0.2, 0.25) is 0 Å². The number of anilines is 1. The summed E-state index contributed by atoms with van der Waals surface area (Å²) in [5, 5.41) is 21.2. The van der Waals surface area contributed by atoms with Crippen LogP contribution in [0.25, 0.3) is 0 Å². The Bertz CT molecular complexity index is 274. The highest BCUT2D eigenvalue weighted by molar-refractivity contribution is 5.42. The van der Waals surface area contributed by atoms with Gasteiger partial charge in [-0.3, -0.25) is 10.3 Å². The van der Waals surface area contributed by atoms with Crippen LogP contribution >= 0.6 is 0 Å². The zero-order valence-corrected chi connectivity index (χ0v) is 7.40. The fourth-order valence-electron chi connectivity index (χ4n) is 1.05. The van der Waals surface area contributed by atoms with Crippen molar-refractivity contribution in [1.29, 1.82) is 0 Å². The van der Waals surface area contributed by atoms with E-state index in [1.54, 1.807) is 26.0 Å². The minimum absolute atomic E-state index is 0.575. The first-order valence-corrected chi connectivity index (χ1v) is 3.66. The van der Waals surface area contributed by atoms with Crippen LogP contribution in [0.4, 0.5) is 5.69 Å². The molecule has 0 saturated heterocycles. The van der Waals surface area contributed by atoms with E-state index in [4.69, 9.17) is 5.21 Å². The standard InChI is InChI=1S/C8H12N2O2/c1-6-4-8(9(3)11)5-7(2)10(6)12/h4-5,11H,1-3H3. The Morgan fingerprint density at radius 2 is 1.75 bits per heavy atom. The minimum atomic E-state index is 0.575. The first-order chi connectivity index (χ1) is 5.52. The van der Waals surface area contributed by atoms with Crippen molar-refractivity contribution in [2.24, 2.45) is 0 Å². The van der Waals surface area contributed by atoms with E-state index in [9.17, 15) is 5.21 Å². The molecule has 4 heteroatoms. The van der Waals surface area contributed by atoms with E-state index in [2.05, 4.69) is 0 Å². The number of hydrogen-bond donors (Lipinski definition) is 1. The van der Waals surface area contributed by atoms with Crippen LogP contribution < -0.4 is 9.79 Å². The fourth-order valence-corrected chi connectivity index (χ4v) is 1.05. The summed E-state index contributed by atoms with van der Waals surface area (Å²) in [5.74, 6) is 0. The summed E-state index contributed by atoms with van der Waals surface area (Å²) in [6.45, 7) is 3.40. The third-order valence-electron chi connectivity index (χ3n) is 1.73. The lowest BCUT2D eigenvalue weighted by molar-refractivity contribution is -0.619. The van der Waals surface area contributed by atoms with Crippen molar-refractivity contribution in [3.63, 3.8) is 0 Å². The van der Waals surface area contributed by atoms with Crippen LogP contribution in [0.5, 0.6) is 0 Å². The average Bonchev–Trinajstić information content (AvgIpc) is 1.99. The predicted molar refractivity (Wildman–Crippen MR) is 45.1 cm³/mol. The molecular formula is C8H12N2O2. The molecule has 0 aliphatic carbocycles. The Balaban J connectivity index is 3.21. The van der Waals surface area contributed by atoms with Gasteiger partial charge in [-0.25, -0.2) is 0 Å². The molecule has 1 aromatic rings. The third kappa shape index (κ3) is 1.48. The molecule has 4 nitrogen and oxygen atoms in total. The predicted octanol–water partition coefficient (Wildman–Crippen LogP) is 0.762. The molecule has 0 aromatic carbocycles. The lowest BCUT2D eigenvalue weighted by atomic mass is 10.3. The molecule has 0 spiro atoms. The van der Waals surface area contributed by atoms with Crippen LogP contribution in [0.15, 0.2) is 12.1 Å². The number of rotatable bonds is 1. The summed E-state index contributed by atoms with van der Waals surface area (Å²) in [6, 6.07) is 3.25. The Kier molecular flexibility index (Phi) is 2.19. The molecule has 0 amide bonds. The van der Waals surface area contributed by atoms with Crippen molar-refractivity contribution in [3.05, 3.63) is 28.7 Å². The maximum Gasteiger partial charge on any atom is 0.192 e. The molecule has 0 unspecified atom stereocenters. The minimum Gasteiger partial charge on any atom is -0.618 e. The van der Waals surface area contributed by atoms with Crippen LogP contribution in [-0.4, -0.2) is 12.3 Å². The molecule has 0 saturated carbocycles. The first-order valence-electron chi connectivity index (χ1n) is 3.66. The lowest BCUT2D eigenvalue weighted by Gasteiger charge is -2.12. The van der Waals surface area contributed by atoms with Crippen molar-refractivity contribution in [2.45, 2.75) is 13.8 Å². The summed E-state index contributed by atoms with van der Waals surface area (Å²) >= 11 is 0. The van der Waals surface area contributed by atoms with Crippen molar-refractivity contribution < 1.29 is 9.94 Å². The van der Waals surface area contributed by atoms with Gasteiger partial charge in [-0.1, -0.05) is 0 Å². The van der Waals surface area contributed by atoms with Gasteiger partial charge in [0.15, 0.2) is 11.4 Å². The zero-order chi connectivity index (χ0) is 9.30. The molecule has 0 bridgehead atoms. The summed E-state index contributed by atoms with van der Waals surface area (Å²) < 4.78 is 0.826. The Hall–Kier alpha value is -1.29. The smallest absolute Gasteiger partial charge is 0.192 e. The van der Waals surface area contributed by atoms with Gasteiger partial charge in [0.05, 0.1) is 5.69 Å². The number of nitrogens with zero attached hydrogens (tertiary/aromatic N) is 2. The van der Waals surface area contributed by atoms with Gasteiger partial charge in [0.25, 0.3) is 0 Å². The van der Waals surface area contributed by atoms with Crippen molar-refractivity contribution in [1.82, 2.24) is 0 Å². The summed E-state index contributed by atoms with van der Waals surface area (Å²) in [4.78, 5) is 0. The van der Waals surface area contributed by atoms with Crippen LogP contribution in [0.1, 0.15) is 11.4 Å². The summed E-state index contributed by atoms with van der Waals surface area (Å²) in [7, 11) is 1.52. The van der Waals surface area contributed by atoms with Gasteiger partial charge in [-0.05, 0) is 0 Å². The van der Waals surface area contributed by atoms with Crippen molar-refractivity contribution in [2.75, 3.05) is 12.1 Å². The van der Waals surface area contributed by atoms with Gasteiger partial charge >= 0.3 is 0 Å². The molecule has 0 atom stereocenters. The number of pyridine rings is 1. The van der Waals surface area contributed by atoms with Gasteiger partial charge in [0.1, 0.15) is 0 Å². The third-order valence-corrected chi connectivity index (χ3v) is 1.73. The molecular weight excluding hydrogens is 156 g/mol. The molecule has 1 rings (SSSR count). The van der Waals surface area contributed by atoms with Gasteiger partial charge in [0, 0.05) is 33.0 Å². The molecule has 66 valence electrons. The molecule has 0 radical (unpaired) electrons. The second-order valence-electron chi connectivity index (χ2n) is 2.81. The number of aryl methyl sites for hydroxylation is 2. The number of hydrogen-bond acceptors (Lipinski definition) is 3. The highest BCUT2D eigenvalue weighted by Gasteiger charge is 2.07. The van der Waals surface area contributed by atoms with E-state index in [-0.39, 0.29) is 0 Å². The fraction of sp³-hybridized carbons (Fsp3) is 0.375. The largest absolute Gasteiger partial charge is 0.618 e. The molecule has 0 aliphatic heterocycles. The molecule has 0 aliphatic rings. The normalized spacial score (nSPS) is 10.0. The van der Waals surface area contributed by atoms with Gasteiger partial charge in [0.2, 0.25) is 0 Å². The van der Waals surface area contributed by atoms with Gasteiger partial charge in [-0.15, -0.1) is 0 Å². The van der Waals surface area contributed by atoms with Crippen LogP contribution in [-0.2, 0) is 0 Å². The second kappa shape index (κ2) is 2.98. The zero-order valence-electron chi connectivity index (χ0n) is 7.40. The number of aromatic nitrogens is 1. The Labute approximate surface area is 71.2 Å². The second-order valence-corrected chi connectivity index (χ2v) is 2.81. The molecule has 1 heterocycles. The van der Waals surface area contributed by atoms with E-state index >= 15 is 0 Å². The Morgan fingerprint density at radius 1 is 1.33 bits per heavy atom. The van der Waals surface area contributed by atoms with E-state index in [1.165, 1.54) is 7.05 Å². The molecule has 1 aromatic heterocycles. The van der Waals surface area contributed by atoms with E-state index in [0.717, 1.165) is 9.79 Å². The van der Waals surface area contributed by atoms with E-state index < -0.39 is 0 Å². The van der Waals surface area contributed by atoms with Crippen LogP contribution in [0.3, 0.4) is 0 Å². The monoisotopic (exact) mass is 168 g/mol. The summed E-state index contributed by atoms with van der Waals surface area (Å²) in [5.41, 5.74) is 1.77. The average molecular weight is 168 g/mol. The van der Waals surface area contributed by atoms with Gasteiger partial charge < -0.3 is 5.21 Å². The van der Waals surface area contributed by atoms with Crippen molar-refractivity contribution >= 4 is 5.69 Å². The molecule has 0 fully saturated rings. The molecule has 12 heavy (non-hydrogen) atoms. The SMILES string of the molecule is Cc1cc(N(C)O)cc(C)[n+]1[O-]. The van der Waals surface area contributed by atoms with Crippen LogP contribution in [0, 0.1) is 19.1 Å². The lowest BCUT2D eigenvalue weighted by Crippen LogP contribution is -2.34. The maximum absolute atomic E-state index is 11.2. The topological polar surface area (TPSA) is 50.4 Å². The Morgan fingerprint density at radius 3 is 2.08 bits per heavy atom. The van der Waals surface area contributed by atoms with E-state index in [1.807, 2.05) is 0 Å². The highest BCUT2D eigenvalue weighted by Crippen LogP contribution is 2.11. The highest BCUT2D eigenvalue weighted by atomic mass is 16.5. The maximum atomic E-state index is 11.2. The quantitative estimate of drug-likeness (QED) is 0.382. The first kappa shape index (κ1) is 8.80.